The van der Waals surface area contributed by atoms with E-state index in [4.69, 9.17) is 4.74 Å². The van der Waals surface area contributed by atoms with E-state index >= 15 is 0 Å². The highest BCUT2D eigenvalue weighted by molar-refractivity contribution is 5.96. The first-order valence-corrected chi connectivity index (χ1v) is 14.6. The molecule has 216 valence electrons. The molecule has 8 heteroatoms. The van der Waals surface area contributed by atoms with E-state index in [2.05, 4.69) is 6.92 Å². The lowest BCUT2D eigenvalue weighted by molar-refractivity contribution is -0.150. The molecule has 2 rings (SSSR count). The van der Waals surface area contributed by atoms with Crippen LogP contribution in [0.25, 0.3) is 0 Å². The van der Waals surface area contributed by atoms with Crippen LogP contribution in [-0.2, 0) is 15.7 Å². The van der Waals surface area contributed by atoms with Crippen LogP contribution in [0.5, 0.6) is 0 Å². The zero-order chi connectivity index (χ0) is 27.8. The molecule has 4 nitrogen and oxygen atoms in total. The summed E-state index contributed by atoms with van der Waals surface area (Å²) in [6.07, 6.45) is 13.4. The molecule has 1 heterocycles. The van der Waals surface area contributed by atoms with E-state index in [1.807, 2.05) is 0 Å². The summed E-state index contributed by atoms with van der Waals surface area (Å²) in [5, 5.41) is 0. The summed E-state index contributed by atoms with van der Waals surface area (Å²) in [5.74, 6) is -2.51. The molecule has 1 amide bonds. The van der Waals surface area contributed by atoms with Crippen molar-refractivity contribution in [3.05, 3.63) is 35.1 Å². The molecule has 0 atom stereocenters. The number of amides is 1. The van der Waals surface area contributed by atoms with Gasteiger partial charge in [-0.2, -0.15) is 13.2 Å². The van der Waals surface area contributed by atoms with Gasteiger partial charge in [-0.25, -0.2) is 4.39 Å². The minimum absolute atomic E-state index is 0.159. The van der Waals surface area contributed by atoms with Crippen LogP contribution in [-0.4, -0.2) is 36.5 Å². The number of alkyl halides is 3. The molecule has 1 aliphatic rings. The topological polar surface area (TPSA) is 46.6 Å². The number of halogens is 4. The van der Waals surface area contributed by atoms with E-state index in [1.54, 1.807) is 0 Å². The van der Waals surface area contributed by atoms with Gasteiger partial charge in [0.25, 0.3) is 5.91 Å². The highest BCUT2D eigenvalue weighted by atomic mass is 19.4. The fraction of sp³-hybridized carbons (Fsp3) is 0.733. The quantitative estimate of drug-likeness (QED) is 0.112. The number of rotatable bonds is 17. The molecule has 0 aromatic heterocycles. The molecular weight excluding hydrogens is 498 g/mol. The largest absolute Gasteiger partial charge is 0.465 e. The molecular formula is C30H45F4NO3. The van der Waals surface area contributed by atoms with E-state index in [9.17, 15) is 27.2 Å². The molecule has 0 aliphatic carbocycles. The third kappa shape index (κ3) is 11.7. The van der Waals surface area contributed by atoms with Crippen molar-refractivity contribution in [2.75, 3.05) is 19.7 Å². The zero-order valence-corrected chi connectivity index (χ0v) is 22.9. The molecule has 0 bridgehead atoms. The number of piperidine rings is 1. The number of hydrogen-bond acceptors (Lipinski definition) is 3. The Morgan fingerprint density at radius 3 is 1.84 bits per heavy atom. The number of carbonyl (C=O) groups is 2. The minimum Gasteiger partial charge on any atom is -0.465 e. The van der Waals surface area contributed by atoms with Crippen LogP contribution >= 0.6 is 0 Å². The summed E-state index contributed by atoms with van der Waals surface area (Å²) in [5.41, 5.74) is -1.85. The summed E-state index contributed by atoms with van der Waals surface area (Å²) in [7, 11) is 0. The number of hydrogen-bond donors (Lipinski definition) is 0. The van der Waals surface area contributed by atoms with Gasteiger partial charge < -0.3 is 9.64 Å². The molecule has 1 fully saturated rings. The lowest BCUT2D eigenvalue weighted by atomic mass is 9.96. The molecule has 0 N–H and O–H groups in total. The van der Waals surface area contributed by atoms with Gasteiger partial charge in [0.2, 0.25) is 0 Å². The van der Waals surface area contributed by atoms with Gasteiger partial charge >= 0.3 is 12.1 Å². The van der Waals surface area contributed by atoms with Crippen LogP contribution in [0.2, 0.25) is 0 Å². The van der Waals surface area contributed by atoms with Crippen molar-refractivity contribution >= 4 is 11.9 Å². The molecule has 1 saturated heterocycles. The fourth-order valence-corrected chi connectivity index (χ4v) is 5.01. The van der Waals surface area contributed by atoms with E-state index < -0.39 is 29.0 Å². The summed E-state index contributed by atoms with van der Waals surface area (Å²) < 4.78 is 58.5. The lowest BCUT2D eigenvalue weighted by Crippen LogP contribution is -2.41. The third-order valence-corrected chi connectivity index (χ3v) is 7.38. The summed E-state index contributed by atoms with van der Waals surface area (Å²) >= 11 is 0. The Morgan fingerprint density at radius 1 is 0.842 bits per heavy atom. The Balaban J connectivity index is 1.53. The van der Waals surface area contributed by atoms with Crippen molar-refractivity contribution < 1.29 is 31.9 Å². The van der Waals surface area contributed by atoms with Crippen molar-refractivity contribution in [1.82, 2.24) is 4.90 Å². The summed E-state index contributed by atoms with van der Waals surface area (Å²) in [4.78, 5) is 26.3. The molecule has 0 unspecified atom stereocenters. The van der Waals surface area contributed by atoms with Gasteiger partial charge in [-0.05, 0) is 37.5 Å². The number of esters is 1. The standard InChI is InChI=1S/C30H45F4NO3/c1-2-3-4-5-6-7-8-9-10-11-12-13-14-15-22-38-29(37)24-18-20-35(21-19-24)28(36)26-17-16-25(31)23-27(26)30(32,33)34/h16-17,23-24H,2-15,18-22H2,1H3. The zero-order valence-electron chi connectivity index (χ0n) is 22.9. The second-order valence-corrected chi connectivity index (χ2v) is 10.5. The van der Waals surface area contributed by atoms with E-state index in [1.165, 1.54) is 75.5 Å². The Morgan fingerprint density at radius 2 is 1.34 bits per heavy atom. The van der Waals surface area contributed by atoms with Crippen LogP contribution in [0, 0.1) is 11.7 Å². The first kappa shape index (κ1) is 32.1. The van der Waals surface area contributed by atoms with E-state index in [-0.39, 0.29) is 25.0 Å². The van der Waals surface area contributed by atoms with Crippen molar-refractivity contribution in [3.8, 4) is 0 Å². The Bertz CT molecular complexity index is 835. The smallest absolute Gasteiger partial charge is 0.417 e. The number of nitrogens with zero attached hydrogens (tertiary/aromatic N) is 1. The average molecular weight is 544 g/mol. The number of carbonyl (C=O) groups excluding carboxylic acids is 2. The second kappa shape index (κ2) is 17.5. The van der Waals surface area contributed by atoms with Gasteiger partial charge in [0, 0.05) is 13.1 Å². The predicted molar refractivity (Wildman–Crippen MR) is 141 cm³/mol. The van der Waals surface area contributed by atoms with Gasteiger partial charge in [-0.1, -0.05) is 90.4 Å². The normalized spacial score (nSPS) is 14.6. The minimum atomic E-state index is -4.83. The Labute approximate surface area is 225 Å². The first-order chi connectivity index (χ1) is 18.2. The highest BCUT2D eigenvalue weighted by Gasteiger charge is 2.37. The van der Waals surface area contributed by atoms with Gasteiger partial charge in [0.15, 0.2) is 0 Å². The lowest BCUT2D eigenvalue weighted by Gasteiger charge is -2.31. The predicted octanol–water partition coefficient (Wildman–Crippen LogP) is 8.72. The third-order valence-electron chi connectivity index (χ3n) is 7.38. The van der Waals surface area contributed by atoms with Crippen molar-refractivity contribution in [2.45, 2.75) is 116 Å². The number of benzene rings is 1. The van der Waals surface area contributed by atoms with Crippen molar-refractivity contribution in [2.24, 2.45) is 5.92 Å². The fourth-order valence-electron chi connectivity index (χ4n) is 5.01. The van der Waals surface area contributed by atoms with Crippen molar-refractivity contribution in [3.63, 3.8) is 0 Å². The first-order valence-electron chi connectivity index (χ1n) is 14.6. The molecule has 0 radical (unpaired) electrons. The number of likely N-dealkylation sites (tertiary alicyclic amines) is 1. The van der Waals surface area contributed by atoms with E-state index in [0.29, 0.717) is 25.5 Å². The van der Waals surface area contributed by atoms with E-state index in [0.717, 1.165) is 31.4 Å². The average Bonchev–Trinajstić information content (AvgIpc) is 2.90. The number of ether oxygens (including phenoxy) is 1. The SMILES string of the molecule is CCCCCCCCCCCCCCCCOC(=O)C1CCN(C(=O)c2ccc(F)cc2C(F)(F)F)CC1. The monoisotopic (exact) mass is 543 g/mol. The molecule has 38 heavy (non-hydrogen) atoms. The highest BCUT2D eigenvalue weighted by Crippen LogP contribution is 2.33. The maximum absolute atomic E-state index is 13.3. The van der Waals surface area contributed by atoms with Gasteiger partial charge in [-0.15, -0.1) is 0 Å². The van der Waals surface area contributed by atoms with Gasteiger partial charge in [0.05, 0.1) is 23.7 Å². The maximum Gasteiger partial charge on any atom is 0.417 e. The van der Waals surface area contributed by atoms with Crippen LogP contribution in [0.1, 0.15) is 126 Å². The summed E-state index contributed by atoms with van der Waals surface area (Å²) in [6.45, 7) is 2.94. The second-order valence-electron chi connectivity index (χ2n) is 10.5. The number of unbranched alkanes of at least 4 members (excludes halogenated alkanes) is 13. The van der Waals surface area contributed by atoms with Gasteiger partial charge in [-0.3, -0.25) is 9.59 Å². The maximum atomic E-state index is 13.3. The Hall–Kier alpha value is -2.12. The van der Waals surface area contributed by atoms with Crippen LogP contribution in [0.3, 0.4) is 0 Å². The van der Waals surface area contributed by atoms with Gasteiger partial charge in [0.1, 0.15) is 5.82 Å². The molecule has 0 saturated carbocycles. The van der Waals surface area contributed by atoms with Crippen LogP contribution < -0.4 is 0 Å². The molecule has 1 aromatic rings. The molecule has 0 spiro atoms. The molecule has 1 aliphatic heterocycles. The van der Waals surface area contributed by atoms with Crippen LogP contribution in [0.4, 0.5) is 17.6 Å². The Kier molecular flexibility index (Phi) is 14.8. The van der Waals surface area contributed by atoms with Crippen LogP contribution in [0.15, 0.2) is 18.2 Å². The molecule has 1 aromatic carbocycles. The summed E-state index contributed by atoms with van der Waals surface area (Å²) in [6, 6.07) is 2.07. The van der Waals surface area contributed by atoms with Crippen molar-refractivity contribution in [1.29, 1.82) is 0 Å².